The van der Waals surface area contributed by atoms with Gasteiger partial charge < -0.3 is 24.8 Å². The van der Waals surface area contributed by atoms with Crippen molar-refractivity contribution in [3.8, 4) is 22.9 Å². The number of hydrogen-bond donors (Lipinski definition) is 2. The molecule has 2 N–H and O–H groups in total. The van der Waals surface area contributed by atoms with Gasteiger partial charge in [-0.15, -0.1) is 0 Å². The van der Waals surface area contributed by atoms with Crippen molar-refractivity contribution in [2.75, 3.05) is 29.9 Å². The summed E-state index contributed by atoms with van der Waals surface area (Å²) in [6.45, 7) is 13.7. The van der Waals surface area contributed by atoms with Gasteiger partial charge in [0.25, 0.3) is 0 Å². The van der Waals surface area contributed by atoms with Crippen LogP contribution in [0.4, 0.5) is 21.7 Å². The molecule has 1 aliphatic rings. The molecule has 2 aromatic carbocycles. The van der Waals surface area contributed by atoms with Crippen LogP contribution in [0.5, 0.6) is 5.75 Å². The molecule has 1 unspecified atom stereocenters. The summed E-state index contributed by atoms with van der Waals surface area (Å²) in [7, 11) is 0. The number of aromatic nitrogens is 2. The van der Waals surface area contributed by atoms with E-state index in [4.69, 9.17) is 14.5 Å². The summed E-state index contributed by atoms with van der Waals surface area (Å²) < 4.78 is 25.6. The minimum atomic E-state index is -1.27. The third kappa shape index (κ3) is 8.92. The highest BCUT2D eigenvalue weighted by Gasteiger charge is 2.37. The summed E-state index contributed by atoms with van der Waals surface area (Å²) in [6, 6.07) is 19.5. The number of nitrogens with zero attached hydrogens (tertiary/aromatic N) is 4. The number of rotatable bonds is 11. The minimum Gasteiger partial charge on any atom is -0.493 e. The largest absolute Gasteiger partial charge is 0.493 e. The minimum absolute atomic E-state index is 0.146. The predicted molar refractivity (Wildman–Crippen MR) is 189 cm³/mol. The number of pyridine rings is 2. The molecule has 2 aromatic heterocycles. The lowest BCUT2D eigenvalue weighted by Crippen LogP contribution is -2.39. The van der Waals surface area contributed by atoms with Gasteiger partial charge in [-0.1, -0.05) is 38.1 Å². The standard InChI is InChI=1S/C39H44FN5O4/c1-25-32(35(37(46)47)49-38(2,3)4)34(45-20-18-39(5,6)19-21-45)33(36(43-25)44-31-16-9-27(23-41)24-42-31)28-10-14-30(15-11-28)48-22-17-26-7-12-29(40)13-8-26/h7-16,24,35H,17-22H2,1-6H3,(H,46,47)(H,42,43,44). The predicted octanol–water partition coefficient (Wildman–Crippen LogP) is 8.40. The van der Waals surface area contributed by atoms with Crippen molar-refractivity contribution in [2.24, 2.45) is 5.41 Å². The van der Waals surface area contributed by atoms with E-state index in [1.54, 1.807) is 24.3 Å². The van der Waals surface area contributed by atoms with E-state index < -0.39 is 17.7 Å². The van der Waals surface area contributed by atoms with Crippen LogP contribution < -0.4 is 15.0 Å². The number of benzene rings is 2. The highest BCUT2D eigenvalue weighted by Crippen LogP contribution is 2.47. The second-order valence-corrected chi connectivity index (χ2v) is 14.2. The molecule has 256 valence electrons. The highest BCUT2D eigenvalue weighted by molar-refractivity contribution is 5.93. The first-order valence-corrected chi connectivity index (χ1v) is 16.5. The molecule has 1 atom stereocenters. The fourth-order valence-electron chi connectivity index (χ4n) is 5.94. The van der Waals surface area contributed by atoms with E-state index in [2.05, 4.69) is 35.1 Å². The van der Waals surface area contributed by atoms with Crippen LogP contribution in [0.3, 0.4) is 0 Å². The topological polar surface area (TPSA) is 121 Å². The van der Waals surface area contributed by atoms with Crippen molar-refractivity contribution in [3.63, 3.8) is 0 Å². The lowest BCUT2D eigenvalue weighted by atomic mass is 9.82. The highest BCUT2D eigenvalue weighted by atomic mass is 19.1. The van der Waals surface area contributed by atoms with E-state index in [0.717, 1.165) is 42.7 Å². The average molecular weight is 666 g/mol. The van der Waals surface area contributed by atoms with E-state index in [1.807, 2.05) is 52.0 Å². The molecule has 0 bridgehead atoms. The van der Waals surface area contributed by atoms with Gasteiger partial charge in [-0.05, 0) is 93.5 Å². The number of anilines is 3. The van der Waals surface area contributed by atoms with Crippen LogP contribution >= 0.6 is 0 Å². The molecule has 0 saturated carbocycles. The maximum Gasteiger partial charge on any atom is 0.337 e. The van der Waals surface area contributed by atoms with E-state index >= 15 is 0 Å². The number of aryl methyl sites for hydroxylation is 1. The monoisotopic (exact) mass is 665 g/mol. The van der Waals surface area contributed by atoms with Gasteiger partial charge in [0.2, 0.25) is 0 Å². The molecular weight excluding hydrogens is 621 g/mol. The number of piperidine rings is 1. The number of carboxylic acid groups (broad SMARTS) is 1. The molecule has 0 amide bonds. The molecule has 1 saturated heterocycles. The normalized spacial score (nSPS) is 14.9. The second kappa shape index (κ2) is 14.6. The van der Waals surface area contributed by atoms with Crippen LogP contribution in [0.25, 0.3) is 11.1 Å². The smallest absolute Gasteiger partial charge is 0.337 e. The van der Waals surface area contributed by atoms with Gasteiger partial charge in [0.15, 0.2) is 6.10 Å². The molecule has 9 nitrogen and oxygen atoms in total. The van der Waals surface area contributed by atoms with Gasteiger partial charge in [-0.25, -0.2) is 19.2 Å². The number of nitriles is 1. The first-order valence-electron chi connectivity index (χ1n) is 16.5. The second-order valence-electron chi connectivity index (χ2n) is 14.2. The Hall–Kier alpha value is -5.01. The van der Waals surface area contributed by atoms with Gasteiger partial charge in [0, 0.05) is 42.5 Å². The molecule has 5 rings (SSSR count). The van der Waals surface area contributed by atoms with Crippen LogP contribution in [0.15, 0.2) is 66.9 Å². The third-order valence-electron chi connectivity index (χ3n) is 8.64. The number of carbonyl (C=O) groups is 1. The molecule has 1 aliphatic heterocycles. The number of hydrogen-bond acceptors (Lipinski definition) is 8. The first kappa shape index (κ1) is 35.3. The zero-order chi connectivity index (χ0) is 35.3. The number of ether oxygens (including phenoxy) is 2. The lowest BCUT2D eigenvalue weighted by Gasteiger charge is -2.41. The molecule has 3 heterocycles. The van der Waals surface area contributed by atoms with Gasteiger partial charge >= 0.3 is 5.97 Å². The van der Waals surface area contributed by atoms with Crippen LogP contribution in [0.1, 0.15) is 75.9 Å². The summed E-state index contributed by atoms with van der Waals surface area (Å²) in [6.07, 6.45) is 2.69. The lowest BCUT2D eigenvalue weighted by molar-refractivity contribution is -0.160. The number of nitrogens with one attached hydrogen (secondary N) is 1. The summed E-state index contributed by atoms with van der Waals surface area (Å²) >= 11 is 0. The number of halogens is 1. The Balaban J connectivity index is 1.63. The van der Waals surface area contributed by atoms with Crippen molar-refractivity contribution in [1.29, 1.82) is 5.26 Å². The van der Waals surface area contributed by atoms with Crippen molar-refractivity contribution in [2.45, 2.75) is 72.5 Å². The zero-order valence-electron chi connectivity index (χ0n) is 29.0. The Morgan fingerprint density at radius 2 is 1.76 bits per heavy atom. The zero-order valence-corrected chi connectivity index (χ0v) is 29.0. The first-order chi connectivity index (χ1) is 23.2. The van der Waals surface area contributed by atoms with Crippen LogP contribution in [-0.2, 0) is 16.0 Å². The third-order valence-corrected chi connectivity index (χ3v) is 8.64. The molecule has 0 spiro atoms. The van der Waals surface area contributed by atoms with Crippen LogP contribution in [-0.4, -0.2) is 46.3 Å². The van der Waals surface area contributed by atoms with Crippen LogP contribution in [0.2, 0.25) is 0 Å². The van der Waals surface area contributed by atoms with Crippen LogP contribution in [0, 0.1) is 29.5 Å². The summed E-state index contributed by atoms with van der Waals surface area (Å²) in [5, 5.41) is 23.3. The van der Waals surface area contributed by atoms with E-state index in [-0.39, 0.29) is 11.2 Å². The molecular formula is C39H44FN5O4. The number of aliphatic carboxylic acids is 1. The van der Waals surface area contributed by atoms with Crippen molar-refractivity contribution < 1.29 is 23.8 Å². The van der Waals surface area contributed by atoms with Crippen molar-refractivity contribution in [1.82, 2.24) is 9.97 Å². The fourth-order valence-corrected chi connectivity index (χ4v) is 5.94. The molecule has 4 aromatic rings. The Kier molecular flexibility index (Phi) is 10.5. The van der Waals surface area contributed by atoms with Crippen molar-refractivity contribution >= 4 is 23.3 Å². The van der Waals surface area contributed by atoms with Crippen molar-refractivity contribution in [3.05, 3.63) is 95.1 Å². The maximum absolute atomic E-state index is 13.3. The Labute approximate surface area is 287 Å². The molecule has 10 heteroatoms. The summed E-state index contributed by atoms with van der Waals surface area (Å²) in [5.74, 6) is 0.291. The number of carboxylic acids is 1. The van der Waals surface area contributed by atoms with E-state index in [1.165, 1.54) is 18.3 Å². The average Bonchev–Trinajstić information content (AvgIpc) is 3.05. The quantitative estimate of drug-likeness (QED) is 0.163. The molecule has 0 aliphatic carbocycles. The Morgan fingerprint density at radius 1 is 1.08 bits per heavy atom. The molecule has 49 heavy (non-hydrogen) atoms. The molecule has 1 fully saturated rings. The SMILES string of the molecule is Cc1nc(Nc2ccc(C#N)cn2)c(-c2ccc(OCCc3ccc(F)cc3)cc2)c(N2CCC(C)(C)CC2)c1C(OC(C)(C)C)C(=O)O. The van der Waals surface area contributed by atoms with Gasteiger partial charge in [-0.3, -0.25) is 0 Å². The summed E-state index contributed by atoms with van der Waals surface area (Å²) in [4.78, 5) is 24.6. The van der Waals surface area contributed by atoms with E-state index in [9.17, 15) is 19.6 Å². The Bertz CT molecular complexity index is 1800. The van der Waals surface area contributed by atoms with Gasteiger partial charge in [0.1, 0.15) is 29.3 Å². The van der Waals surface area contributed by atoms with E-state index in [0.29, 0.717) is 52.8 Å². The van der Waals surface area contributed by atoms with Gasteiger partial charge in [-0.2, -0.15) is 5.26 Å². The molecule has 0 radical (unpaired) electrons. The maximum atomic E-state index is 13.3. The van der Waals surface area contributed by atoms with Gasteiger partial charge in [0.05, 0.1) is 23.5 Å². The Morgan fingerprint density at radius 3 is 2.33 bits per heavy atom. The fraction of sp³-hybridized carbons (Fsp3) is 0.385. The summed E-state index contributed by atoms with van der Waals surface area (Å²) in [5.41, 5.74) is 4.11.